The fourth-order valence-electron chi connectivity index (χ4n) is 2.00. The van der Waals surface area contributed by atoms with Gasteiger partial charge in [0.05, 0.1) is 26.3 Å². The van der Waals surface area contributed by atoms with Crippen molar-refractivity contribution in [1.29, 1.82) is 0 Å². The molecule has 0 fully saturated rings. The molecular formula is C15H22N2O5. The van der Waals surface area contributed by atoms with Crippen molar-refractivity contribution < 1.29 is 24.2 Å². The molecule has 1 rings (SSSR count). The van der Waals surface area contributed by atoms with Crippen molar-refractivity contribution in [1.82, 2.24) is 0 Å². The number of benzene rings is 1. The number of aliphatic carboxylic acids is 1. The van der Waals surface area contributed by atoms with Crippen LogP contribution in [0.5, 0.6) is 11.5 Å². The molecule has 22 heavy (non-hydrogen) atoms. The highest BCUT2D eigenvalue weighted by Crippen LogP contribution is 2.33. The van der Waals surface area contributed by atoms with Crippen LogP contribution in [-0.2, 0) is 16.0 Å². The highest BCUT2D eigenvalue weighted by atomic mass is 16.5. The third-order valence-corrected chi connectivity index (χ3v) is 2.98. The molecule has 1 aromatic carbocycles. The van der Waals surface area contributed by atoms with Crippen molar-refractivity contribution in [3.8, 4) is 11.5 Å². The molecule has 0 saturated carbocycles. The van der Waals surface area contributed by atoms with E-state index in [1.54, 1.807) is 12.1 Å². The largest absolute Gasteiger partial charge is 0.496 e. The van der Waals surface area contributed by atoms with Crippen molar-refractivity contribution in [2.24, 2.45) is 5.73 Å². The summed E-state index contributed by atoms with van der Waals surface area (Å²) in [7, 11) is 3.02. The zero-order chi connectivity index (χ0) is 16.7. The molecule has 0 aliphatic carbocycles. The molecule has 7 nitrogen and oxygen atoms in total. The number of hydrogen-bond acceptors (Lipinski definition) is 5. The van der Waals surface area contributed by atoms with Gasteiger partial charge in [-0.05, 0) is 25.0 Å². The third kappa shape index (κ3) is 5.25. The number of methoxy groups -OCH3 is 2. The second-order valence-electron chi connectivity index (χ2n) is 4.99. The lowest BCUT2D eigenvalue weighted by molar-refractivity contribution is -0.138. The summed E-state index contributed by atoms with van der Waals surface area (Å²) in [6.45, 7) is 1.88. The van der Waals surface area contributed by atoms with E-state index in [1.807, 2.05) is 6.92 Å². The van der Waals surface area contributed by atoms with E-state index in [-0.39, 0.29) is 18.9 Å². The van der Waals surface area contributed by atoms with Gasteiger partial charge in [0.1, 0.15) is 11.5 Å². The summed E-state index contributed by atoms with van der Waals surface area (Å²) < 4.78 is 10.6. The van der Waals surface area contributed by atoms with E-state index < -0.39 is 11.9 Å². The van der Waals surface area contributed by atoms with E-state index in [1.165, 1.54) is 14.2 Å². The number of hydrogen-bond donors (Lipinski definition) is 3. The van der Waals surface area contributed by atoms with E-state index in [0.717, 1.165) is 5.56 Å². The van der Waals surface area contributed by atoms with Crippen LogP contribution in [0.2, 0.25) is 0 Å². The van der Waals surface area contributed by atoms with Crippen molar-refractivity contribution in [3.05, 3.63) is 17.7 Å². The quantitative estimate of drug-likeness (QED) is 0.669. The van der Waals surface area contributed by atoms with Gasteiger partial charge in [-0.2, -0.15) is 0 Å². The SMILES string of the molecule is COc1cc(NC(=O)CCC(=O)O)c(OC)cc1CC(C)N. The molecule has 1 atom stereocenters. The molecule has 0 aliphatic rings. The van der Waals surface area contributed by atoms with Crippen LogP contribution in [0.15, 0.2) is 12.1 Å². The van der Waals surface area contributed by atoms with Crippen molar-refractivity contribution in [3.63, 3.8) is 0 Å². The molecule has 0 saturated heterocycles. The van der Waals surface area contributed by atoms with Crippen LogP contribution in [0.25, 0.3) is 0 Å². The van der Waals surface area contributed by atoms with E-state index in [9.17, 15) is 9.59 Å². The van der Waals surface area contributed by atoms with Crippen LogP contribution < -0.4 is 20.5 Å². The molecule has 1 amide bonds. The summed E-state index contributed by atoms with van der Waals surface area (Å²) in [5.41, 5.74) is 7.11. The molecule has 1 aromatic rings. The first-order chi connectivity index (χ1) is 10.4. The Morgan fingerprint density at radius 1 is 1.23 bits per heavy atom. The van der Waals surface area contributed by atoms with Crippen molar-refractivity contribution in [2.75, 3.05) is 19.5 Å². The van der Waals surface area contributed by atoms with Crippen LogP contribution in [0.1, 0.15) is 25.3 Å². The first-order valence-electron chi connectivity index (χ1n) is 6.89. The number of nitrogens with one attached hydrogen (secondary N) is 1. The molecule has 0 heterocycles. The second kappa shape index (κ2) is 8.23. The van der Waals surface area contributed by atoms with Gasteiger partial charge in [0, 0.05) is 18.5 Å². The molecule has 0 bridgehead atoms. The van der Waals surface area contributed by atoms with Gasteiger partial charge in [0.25, 0.3) is 0 Å². The summed E-state index contributed by atoms with van der Waals surface area (Å²) >= 11 is 0. The first-order valence-corrected chi connectivity index (χ1v) is 6.89. The van der Waals surface area contributed by atoms with Crippen LogP contribution in [0.3, 0.4) is 0 Å². The topological polar surface area (TPSA) is 111 Å². The van der Waals surface area contributed by atoms with Gasteiger partial charge in [0.15, 0.2) is 0 Å². The molecule has 122 valence electrons. The summed E-state index contributed by atoms with van der Waals surface area (Å²) in [6, 6.07) is 3.36. The Bertz CT molecular complexity index is 543. The second-order valence-corrected chi connectivity index (χ2v) is 4.99. The summed E-state index contributed by atoms with van der Waals surface area (Å²) in [4.78, 5) is 22.2. The van der Waals surface area contributed by atoms with Gasteiger partial charge in [-0.1, -0.05) is 0 Å². The average Bonchev–Trinajstić information content (AvgIpc) is 2.45. The predicted octanol–water partition coefficient (Wildman–Crippen LogP) is 1.40. The highest BCUT2D eigenvalue weighted by molar-refractivity contribution is 5.94. The maximum absolute atomic E-state index is 11.8. The lowest BCUT2D eigenvalue weighted by Gasteiger charge is -2.16. The lowest BCUT2D eigenvalue weighted by atomic mass is 10.0. The average molecular weight is 310 g/mol. The van der Waals surface area contributed by atoms with Crippen molar-refractivity contribution in [2.45, 2.75) is 32.2 Å². The van der Waals surface area contributed by atoms with Gasteiger partial charge < -0.3 is 25.6 Å². The minimum Gasteiger partial charge on any atom is -0.496 e. The zero-order valence-corrected chi connectivity index (χ0v) is 13.0. The highest BCUT2D eigenvalue weighted by Gasteiger charge is 2.15. The van der Waals surface area contributed by atoms with E-state index in [2.05, 4.69) is 5.32 Å². The molecule has 7 heteroatoms. The van der Waals surface area contributed by atoms with Gasteiger partial charge in [-0.3, -0.25) is 9.59 Å². The fourth-order valence-corrected chi connectivity index (χ4v) is 2.00. The van der Waals surface area contributed by atoms with Crippen LogP contribution in [0.4, 0.5) is 5.69 Å². The number of rotatable bonds is 8. The monoisotopic (exact) mass is 310 g/mol. The molecule has 0 spiro atoms. The minimum absolute atomic E-state index is 0.0467. The Morgan fingerprint density at radius 2 is 1.86 bits per heavy atom. The smallest absolute Gasteiger partial charge is 0.303 e. The zero-order valence-electron chi connectivity index (χ0n) is 13.0. The molecule has 1 unspecified atom stereocenters. The third-order valence-electron chi connectivity index (χ3n) is 2.98. The fraction of sp³-hybridized carbons (Fsp3) is 0.467. The molecule has 0 aliphatic heterocycles. The molecule has 0 aromatic heterocycles. The number of anilines is 1. The molecule has 4 N–H and O–H groups in total. The number of ether oxygens (including phenoxy) is 2. The summed E-state index contributed by atoms with van der Waals surface area (Å²) in [6.07, 6.45) is 0.267. The minimum atomic E-state index is -1.02. The van der Waals surface area contributed by atoms with E-state index >= 15 is 0 Å². The van der Waals surface area contributed by atoms with Gasteiger partial charge in [-0.15, -0.1) is 0 Å². The maximum atomic E-state index is 11.8. The van der Waals surface area contributed by atoms with Gasteiger partial charge in [-0.25, -0.2) is 0 Å². The van der Waals surface area contributed by atoms with Crippen LogP contribution >= 0.6 is 0 Å². The standard InChI is InChI=1S/C15H22N2O5/c1-9(16)6-10-7-13(22-3)11(8-12(10)21-2)17-14(18)4-5-15(19)20/h7-9H,4-6,16H2,1-3H3,(H,17,18)(H,19,20). The van der Waals surface area contributed by atoms with Crippen LogP contribution in [0, 0.1) is 0 Å². The molecule has 0 radical (unpaired) electrons. The number of carbonyl (C=O) groups excluding carboxylic acids is 1. The van der Waals surface area contributed by atoms with E-state index in [0.29, 0.717) is 23.6 Å². The maximum Gasteiger partial charge on any atom is 0.303 e. The Balaban J connectivity index is 2.98. The van der Waals surface area contributed by atoms with E-state index in [4.69, 9.17) is 20.3 Å². The van der Waals surface area contributed by atoms with Crippen molar-refractivity contribution >= 4 is 17.6 Å². The summed E-state index contributed by atoms with van der Waals surface area (Å²) in [5.74, 6) is -0.360. The predicted molar refractivity (Wildman–Crippen MR) is 82.4 cm³/mol. The lowest BCUT2D eigenvalue weighted by Crippen LogP contribution is -2.19. The number of amides is 1. The Kier molecular flexibility index (Phi) is 6.65. The number of carbonyl (C=O) groups is 2. The normalized spacial score (nSPS) is 11.6. The summed E-state index contributed by atoms with van der Waals surface area (Å²) in [5, 5.41) is 11.2. The van der Waals surface area contributed by atoms with Gasteiger partial charge >= 0.3 is 5.97 Å². The number of carboxylic acids is 1. The Labute approximate surface area is 129 Å². The van der Waals surface area contributed by atoms with Crippen LogP contribution in [-0.4, -0.2) is 37.2 Å². The molecular weight excluding hydrogens is 288 g/mol. The van der Waals surface area contributed by atoms with Gasteiger partial charge in [0.2, 0.25) is 5.91 Å². The first kappa shape index (κ1) is 17.8. The number of nitrogens with two attached hydrogens (primary N) is 1. The number of carboxylic acid groups (broad SMARTS) is 1. The Hall–Kier alpha value is -2.28. The Morgan fingerprint density at radius 3 is 2.36 bits per heavy atom.